The molecule has 3 aliphatic rings. The van der Waals surface area contributed by atoms with Crippen LogP contribution in [0.25, 0.3) is 0 Å². The number of amides is 1. The van der Waals surface area contributed by atoms with Crippen molar-refractivity contribution in [3.63, 3.8) is 0 Å². The number of carbonyl (C=O) groups excluding carboxylic acids is 1. The molecule has 33 heavy (non-hydrogen) atoms. The van der Waals surface area contributed by atoms with Crippen LogP contribution in [-0.2, 0) is 39.1 Å². The predicted octanol–water partition coefficient (Wildman–Crippen LogP) is 4.87. The molecule has 1 aromatic rings. The van der Waals surface area contributed by atoms with Crippen LogP contribution in [0, 0.1) is 23.7 Å². The Morgan fingerprint density at radius 2 is 1.76 bits per heavy atom. The van der Waals surface area contributed by atoms with Crippen LogP contribution in [0.15, 0.2) is 18.2 Å². The Labute approximate surface area is 226 Å². The molecule has 3 aliphatic carbocycles. The molecule has 0 aliphatic heterocycles. The first-order chi connectivity index (χ1) is 14.8. The molecule has 0 unspecified atom stereocenters. The molecule has 0 N–H and O–H groups in total. The standard InChI is InChI=1S/C27H44N3O2.Y/c1-27-15-8-9-25(27)24-12-10-20-17-21(11-13-22(20)23(24)14-16-27)32-26(31)28(18-29(2,3)4)19-30(5,6)7;/h11,13,15,17,23-25H,8-10,12,14,16,18-19H2,1-7H3;/q+1;/t23-,24-,25+,27+;/m1./s1. The van der Waals surface area contributed by atoms with Gasteiger partial charge in [-0.25, -0.2) is 9.69 Å². The summed E-state index contributed by atoms with van der Waals surface area (Å²) in [7, 11) is 12.6. The second-order valence-corrected chi connectivity index (χ2v) is 12.9. The Kier molecular flexibility index (Phi) is 8.11. The van der Waals surface area contributed by atoms with Crippen molar-refractivity contribution in [2.24, 2.45) is 17.3 Å². The molecule has 6 heteroatoms. The number of benzene rings is 1. The van der Waals surface area contributed by atoms with E-state index in [2.05, 4.69) is 67.8 Å². The summed E-state index contributed by atoms with van der Waals surface area (Å²) in [6.45, 7) is 3.72. The zero-order valence-electron chi connectivity index (χ0n) is 21.9. The van der Waals surface area contributed by atoms with E-state index in [1.54, 1.807) is 0 Å². The molecule has 5 nitrogen and oxygen atoms in total. The van der Waals surface area contributed by atoms with Gasteiger partial charge in [-0.1, -0.05) is 31.7 Å². The molecule has 0 saturated heterocycles. The van der Waals surface area contributed by atoms with Crippen molar-refractivity contribution in [3.8, 4) is 5.75 Å². The SMILES string of the molecule is C[C@@]12[CH-]CC[C@H]1[C@@H]1CCc3cc(OC(=O)N(C[N+](C)(C)C)C[N+](C)(C)C)ccc3[C@H]1CC2.[Y]. The molecule has 4 atom stereocenters. The number of nitrogens with zero attached hydrogens (tertiary/aromatic N) is 3. The van der Waals surface area contributed by atoms with Crippen molar-refractivity contribution in [1.29, 1.82) is 0 Å². The van der Waals surface area contributed by atoms with E-state index >= 15 is 0 Å². The average molecular weight is 532 g/mol. The van der Waals surface area contributed by atoms with Crippen LogP contribution in [-0.4, -0.2) is 75.6 Å². The maximum Gasteiger partial charge on any atom is 0.424 e. The molecule has 0 spiro atoms. The molecule has 4 rings (SSSR count). The Morgan fingerprint density at radius 1 is 1.09 bits per heavy atom. The summed E-state index contributed by atoms with van der Waals surface area (Å²) in [6, 6.07) is 6.44. The van der Waals surface area contributed by atoms with E-state index in [0.717, 1.165) is 18.3 Å². The summed E-state index contributed by atoms with van der Waals surface area (Å²) in [4.78, 5) is 14.9. The third-order valence-electron chi connectivity index (χ3n) is 7.88. The van der Waals surface area contributed by atoms with Gasteiger partial charge in [0.1, 0.15) is 5.75 Å². The Morgan fingerprint density at radius 3 is 2.39 bits per heavy atom. The van der Waals surface area contributed by atoms with E-state index < -0.39 is 0 Å². The summed E-state index contributed by atoms with van der Waals surface area (Å²) < 4.78 is 7.28. The molecule has 0 heterocycles. The fraction of sp³-hybridized carbons (Fsp3) is 0.704. The van der Waals surface area contributed by atoms with Gasteiger partial charge in [-0.2, -0.15) is 11.8 Å². The normalized spacial score (nSPS) is 28.8. The molecule has 1 amide bonds. The Hall–Kier alpha value is -0.486. The van der Waals surface area contributed by atoms with Crippen LogP contribution in [0.1, 0.15) is 56.1 Å². The summed E-state index contributed by atoms with van der Waals surface area (Å²) in [6.07, 6.45) is 10.0. The fourth-order valence-electron chi connectivity index (χ4n) is 6.71. The second-order valence-electron chi connectivity index (χ2n) is 12.9. The largest absolute Gasteiger partial charge is 0.424 e. The van der Waals surface area contributed by atoms with Crippen LogP contribution in [0.5, 0.6) is 5.75 Å². The number of carbonyl (C=O) groups is 1. The van der Waals surface area contributed by atoms with Crippen LogP contribution in [0.3, 0.4) is 0 Å². The van der Waals surface area contributed by atoms with E-state index in [0.29, 0.717) is 39.4 Å². The van der Waals surface area contributed by atoms with Gasteiger partial charge in [0.15, 0.2) is 13.3 Å². The van der Waals surface area contributed by atoms with Crippen molar-refractivity contribution in [3.05, 3.63) is 35.7 Å². The van der Waals surface area contributed by atoms with Crippen LogP contribution in [0.4, 0.5) is 4.79 Å². The number of ether oxygens (including phenoxy) is 1. The van der Waals surface area contributed by atoms with E-state index in [-0.39, 0.29) is 38.8 Å². The summed E-state index contributed by atoms with van der Waals surface area (Å²) in [5, 5.41) is 0. The van der Waals surface area contributed by atoms with Crippen molar-refractivity contribution in [2.75, 3.05) is 55.6 Å². The van der Waals surface area contributed by atoms with Gasteiger partial charge in [-0.3, -0.25) is 0 Å². The van der Waals surface area contributed by atoms with Crippen molar-refractivity contribution in [2.45, 2.75) is 51.4 Å². The zero-order valence-corrected chi connectivity index (χ0v) is 24.8. The number of quaternary nitrogens is 2. The Balaban J connectivity index is 0.00000306. The fourth-order valence-corrected chi connectivity index (χ4v) is 6.71. The van der Waals surface area contributed by atoms with Gasteiger partial charge < -0.3 is 20.1 Å². The average Bonchev–Trinajstić information content (AvgIpc) is 3.06. The van der Waals surface area contributed by atoms with Crippen LogP contribution < -0.4 is 4.74 Å². The molecule has 1 aromatic carbocycles. The quantitative estimate of drug-likeness (QED) is 0.308. The summed E-state index contributed by atoms with van der Waals surface area (Å²) in [5.41, 5.74) is 3.38. The predicted molar refractivity (Wildman–Crippen MR) is 129 cm³/mol. The maximum atomic E-state index is 13.1. The van der Waals surface area contributed by atoms with Gasteiger partial charge in [0.05, 0.1) is 42.3 Å². The van der Waals surface area contributed by atoms with E-state index in [9.17, 15) is 4.79 Å². The Bertz CT molecular complexity index is 844. The topological polar surface area (TPSA) is 29.5 Å². The molecule has 0 aromatic heterocycles. The van der Waals surface area contributed by atoms with Gasteiger partial charge in [-0.05, 0) is 54.4 Å². The minimum Gasteiger partial charge on any atom is -0.410 e. The molecule has 181 valence electrons. The summed E-state index contributed by atoms with van der Waals surface area (Å²) >= 11 is 0. The van der Waals surface area contributed by atoms with Gasteiger partial charge in [0, 0.05) is 32.7 Å². The first kappa shape index (κ1) is 27.1. The maximum absolute atomic E-state index is 13.1. The van der Waals surface area contributed by atoms with Crippen molar-refractivity contribution < 1.29 is 51.2 Å². The number of hydrogen-bond donors (Lipinski definition) is 0. The number of rotatable bonds is 5. The van der Waals surface area contributed by atoms with Gasteiger partial charge >= 0.3 is 6.09 Å². The third-order valence-corrected chi connectivity index (χ3v) is 7.88. The van der Waals surface area contributed by atoms with Gasteiger partial charge in [0.25, 0.3) is 0 Å². The molecule has 0 bridgehead atoms. The molecular weight excluding hydrogens is 487 g/mol. The number of aryl methyl sites for hydroxylation is 1. The molecular formula is C27H44N3O2Y+. The van der Waals surface area contributed by atoms with Gasteiger partial charge in [0.2, 0.25) is 0 Å². The zero-order chi connectivity index (χ0) is 23.3. The van der Waals surface area contributed by atoms with Crippen LogP contribution >= 0.6 is 0 Å². The van der Waals surface area contributed by atoms with Crippen molar-refractivity contribution >= 4 is 6.09 Å². The number of hydrogen-bond acceptors (Lipinski definition) is 2. The van der Waals surface area contributed by atoms with E-state index in [1.807, 2.05) is 11.0 Å². The van der Waals surface area contributed by atoms with E-state index in [4.69, 9.17) is 4.74 Å². The van der Waals surface area contributed by atoms with Crippen LogP contribution in [0.2, 0.25) is 0 Å². The first-order valence-electron chi connectivity index (χ1n) is 12.4. The molecule has 2 saturated carbocycles. The monoisotopic (exact) mass is 531 g/mol. The van der Waals surface area contributed by atoms with E-state index in [1.165, 1.54) is 43.2 Å². The van der Waals surface area contributed by atoms with Gasteiger partial charge in [-0.15, -0.1) is 0 Å². The minimum absolute atomic E-state index is 0. The minimum atomic E-state index is -0.255. The van der Waals surface area contributed by atoms with Crippen molar-refractivity contribution in [1.82, 2.24) is 4.90 Å². The third kappa shape index (κ3) is 6.20. The second kappa shape index (κ2) is 9.87. The smallest absolute Gasteiger partial charge is 0.410 e. The summed E-state index contributed by atoms with van der Waals surface area (Å²) in [5.74, 6) is 3.04. The number of fused-ring (bicyclic) bond motifs is 5. The molecule has 1 radical (unpaired) electrons. The molecule has 2 fully saturated rings. The first-order valence-corrected chi connectivity index (χ1v) is 12.4.